The van der Waals surface area contributed by atoms with Crippen LogP contribution in [0.15, 0.2) is 0 Å². The van der Waals surface area contributed by atoms with Gasteiger partial charge in [-0.15, -0.1) is 22.2 Å². The molecule has 4 heteroatoms. The lowest BCUT2D eigenvalue weighted by atomic mass is 11.0. The third kappa shape index (κ3) is 5.16. The summed E-state index contributed by atoms with van der Waals surface area (Å²) in [6, 6.07) is 1.93. The van der Waals surface area contributed by atoms with E-state index in [9.17, 15) is 0 Å². The van der Waals surface area contributed by atoms with Crippen LogP contribution in [0.2, 0.25) is 12.1 Å². The lowest BCUT2D eigenvalue weighted by Gasteiger charge is -2.08. The summed E-state index contributed by atoms with van der Waals surface area (Å²) in [4.78, 5) is 0. The van der Waals surface area contributed by atoms with Crippen molar-refractivity contribution in [1.82, 2.24) is 0 Å². The van der Waals surface area contributed by atoms with Gasteiger partial charge < -0.3 is 0 Å². The molecule has 0 aliphatic rings. The van der Waals surface area contributed by atoms with E-state index in [4.69, 9.17) is 22.2 Å². The van der Waals surface area contributed by atoms with E-state index < -0.39 is 6.69 Å². The lowest BCUT2D eigenvalue weighted by Crippen LogP contribution is -2.13. The van der Waals surface area contributed by atoms with Gasteiger partial charge in [-0.2, -0.15) is 0 Å². The Morgan fingerprint density at radius 1 is 1.12 bits per heavy atom. The fraction of sp³-hybridized carbons (Fsp3) is 1.00. The Morgan fingerprint density at radius 2 is 1.38 bits per heavy atom. The number of hydrogen-bond acceptors (Lipinski definition) is 0. The van der Waals surface area contributed by atoms with Crippen LogP contribution in [0.3, 0.4) is 0 Å². The smallest absolute Gasteiger partial charge is 0.146 e. The van der Waals surface area contributed by atoms with E-state index in [0.717, 1.165) is 12.1 Å². The van der Waals surface area contributed by atoms with Gasteiger partial charge in [-0.05, 0) is 12.1 Å². The SMILES string of the molecule is CC[Si](Cl)(Cl)CC.[Si]. The first-order valence-corrected chi connectivity index (χ1v) is 6.94. The first kappa shape index (κ1) is 11.8. The molecule has 4 radical (unpaired) electrons. The molecule has 0 unspecified atom stereocenters. The predicted octanol–water partition coefficient (Wildman–Crippen LogP) is 2.57. The molecular weight excluding hydrogens is 175 g/mol. The van der Waals surface area contributed by atoms with Crippen molar-refractivity contribution in [2.45, 2.75) is 25.9 Å². The second kappa shape index (κ2) is 4.85. The Bertz CT molecular complexity index is 50.0. The van der Waals surface area contributed by atoms with Crippen molar-refractivity contribution in [2.75, 3.05) is 0 Å². The summed E-state index contributed by atoms with van der Waals surface area (Å²) in [6.07, 6.45) is 0. The van der Waals surface area contributed by atoms with Crippen molar-refractivity contribution in [3.05, 3.63) is 0 Å². The van der Waals surface area contributed by atoms with Crippen LogP contribution in [0.25, 0.3) is 0 Å². The Kier molecular flexibility index (Phi) is 7.14. The second-order valence-corrected chi connectivity index (χ2v) is 9.61. The number of halogens is 2. The van der Waals surface area contributed by atoms with Crippen molar-refractivity contribution < 1.29 is 0 Å². The minimum Gasteiger partial charge on any atom is -0.146 e. The van der Waals surface area contributed by atoms with E-state index in [1.165, 1.54) is 0 Å². The average molecular weight is 185 g/mol. The molecule has 0 aromatic heterocycles. The van der Waals surface area contributed by atoms with Gasteiger partial charge in [0, 0.05) is 11.0 Å². The zero-order chi connectivity index (χ0) is 5.91. The lowest BCUT2D eigenvalue weighted by molar-refractivity contribution is 1.33. The van der Waals surface area contributed by atoms with E-state index in [0.29, 0.717) is 0 Å². The molecule has 0 aromatic rings. The molecule has 0 rings (SSSR count). The molecule has 0 bridgehead atoms. The van der Waals surface area contributed by atoms with E-state index in [2.05, 4.69) is 0 Å². The van der Waals surface area contributed by atoms with Gasteiger partial charge in [0.25, 0.3) is 6.69 Å². The topological polar surface area (TPSA) is 0 Å². The molecule has 0 atom stereocenters. The van der Waals surface area contributed by atoms with Crippen LogP contribution in [-0.4, -0.2) is 17.7 Å². The Labute approximate surface area is 66.0 Å². The van der Waals surface area contributed by atoms with E-state index >= 15 is 0 Å². The predicted molar refractivity (Wildman–Crippen MR) is 44.2 cm³/mol. The van der Waals surface area contributed by atoms with E-state index in [1.54, 1.807) is 0 Å². The standard InChI is InChI=1S/C4H10Cl2Si.Si/c1-3-7(5,6)4-2;/h3-4H2,1-2H3;. The molecule has 8 heavy (non-hydrogen) atoms. The van der Waals surface area contributed by atoms with Crippen molar-refractivity contribution in [3.8, 4) is 0 Å². The van der Waals surface area contributed by atoms with Crippen molar-refractivity contribution in [3.63, 3.8) is 0 Å². The quantitative estimate of drug-likeness (QED) is 0.458. The fourth-order valence-electron chi connectivity index (χ4n) is 0.250. The van der Waals surface area contributed by atoms with Gasteiger partial charge in [-0.1, -0.05) is 13.8 Å². The molecule has 0 saturated heterocycles. The molecular formula is C4H10Cl2Si2. The molecule has 0 aliphatic carbocycles. The summed E-state index contributed by atoms with van der Waals surface area (Å²) in [7, 11) is 0. The van der Waals surface area contributed by atoms with Gasteiger partial charge in [0.05, 0.1) is 0 Å². The van der Waals surface area contributed by atoms with Gasteiger partial charge >= 0.3 is 0 Å². The molecule has 48 valence electrons. The zero-order valence-corrected chi connectivity index (χ0v) is 8.68. The fourth-order valence-corrected chi connectivity index (χ4v) is 0.750. The summed E-state index contributed by atoms with van der Waals surface area (Å²) in [5, 5.41) is 0. The minimum absolute atomic E-state index is 0. The summed E-state index contributed by atoms with van der Waals surface area (Å²) in [5.74, 6) is 0. The van der Waals surface area contributed by atoms with Gasteiger partial charge in [-0.25, -0.2) is 0 Å². The van der Waals surface area contributed by atoms with Crippen molar-refractivity contribution in [2.24, 2.45) is 0 Å². The molecule has 0 nitrogen and oxygen atoms in total. The summed E-state index contributed by atoms with van der Waals surface area (Å²) in [6.45, 7) is 2.37. The largest absolute Gasteiger partial charge is 0.250 e. The van der Waals surface area contributed by atoms with Crippen LogP contribution in [0.4, 0.5) is 0 Å². The summed E-state index contributed by atoms with van der Waals surface area (Å²) in [5.41, 5.74) is 0. The van der Waals surface area contributed by atoms with Crippen LogP contribution in [0.1, 0.15) is 13.8 Å². The molecule has 0 N–H and O–H groups in total. The van der Waals surface area contributed by atoms with Crippen molar-refractivity contribution in [1.29, 1.82) is 0 Å². The van der Waals surface area contributed by atoms with Gasteiger partial charge in [0.1, 0.15) is 0 Å². The Balaban J connectivity index is 0. The summed E-state index contributed by atoms with van der Waals surface area (Å²) >= 11 is 11.6. The number of hydrogen-bond donors (Lipinski definition) is 0. The zero-order valence-electron chi connectivity index (χ0n) is 5.17. The molecule has 0 amide bonds. The highest BCUT2D eigenvalue weighted by Crippen LogP contribution is 2.23. The maximum Gasteiger partial charge on any atom is 0.250 e. The maximum atomic E-state index is 5.81. The van der Waals surface area contributed by atoms with Crippen LogP contribution >= 0.6 is 22.2 Å². The molecule has 0 spiro atoms. The Hall–Kier alpha value is 1.01. The van der Waals surface area contributed by atoms with Crippen LogP contribution in [-0.2, 0) is 0 Å². The maximum absolute atomic E-state index is 5.81. The van der Waals surface area contributed by atoms with E-state index in [1.807, 2.05) is 13.8 Å². The molecule has 0 aromatic carbocycles. The van der Waals surface area contributed by atoms with Gasteiger partial charge in [0.15, 0.2) is 0 Å². The van der Waals surface area contributed by atoms with Crippen molar-refractivity contribution >= 4 is 39.8 Å². The first-order chi connectivity index (χ1) is 3.12. The molecule has 0 fully saturated rings. The third-order valence-electron chi connectivity index (χ3n) is 1.03. The Morgan fingerprint density at radius 3 is 1.38 bits per heavy atom. The minimum atomic E-state index is -1.71. The molecule has 0 aliphatic heterocycles. The summed E-state index contributed by atoms with van der Waals surface area (Å²) < 4.78 is 0. The highest BCUT2D eigenvalue weighted by Gasteiger charge is 2.21. The molecule has 0 saturated carbocycles. The molecule has 0 heterocycles. The average Bonchev–Trinajstić information content (AvgIpc) is 1.68. The van der Waals surface area contributed by atoms with Crippen LogP contribution < -0.4 is 0 Å². The van der Waals surface area contributed by atoms with Crippen LogP contribution in [0, 0.1) is 0 Å². The monoisotopic (exact) mass is 184 g/mol. The van der Waals surface area contributed by atoms with E-state index in [-0.39, 0.29) is 11.0 Å². The first-order valence-electron chi connectivity index (χ1n) is 2.50. The number of rotatable bonds is 2. The van der Waals surface area contributed by atoms with Gasteiger partial charge in [-0.3, -0.25) is 0 Å². The normalized spacial score (nSPS) is 10.5. The van der Waals surface area contributed by atoms with Gasteiger partial charge in [0.2, 0.25) is 0 Å². The third-order valence-corrected chi connectivity index (χ3v) is 6.31. The highest BCUT2D eigenvalue weighted by molar-refractivity contribution is 7.45. The van der Waals surface area contributed by atoms with Crippen LogP contribution in [0.5, 0.6) is 0 Å². The second-order valence-electron chi connectivity index (χ2n) is 1.56. The highest BCUT2D eigenvalue weighted by atomic mass is 35.7.